The van der Waals surface area contributed by atoms with Crippen molar-refractivity contribution in [2.75, 3.05) is 11.5 Å². The quantitative estimate of drug-likeness (QED) is 0.197. The van der Waals surface area contributed by atoms with Crippen molar-refractivity contribution in [3.05, 3.63) is 89.0 Å². The van der Waals surface area contributed by atoms with E-state index in [4.69, 9.17) is 16.2 Å². The number of carbonyl (C=O) groups excluding carboxylic acids is 1. The molecule has 3 rings (SSSR count). The number of carbonyl (C=O) groups is 2. The van der Waals surface area contributed by atoms with Crippen molar-refractivity contribution in [2.45, 2.75) is 12.8 Å². The van der Waals surface area contributed by atoms with E-state index in [2.05, 4.69) is 4.74 Å². The summed E-state index contributed by atoms with van der Waals surface area (Å²) in [7, 11) is 0. The van der Waals surface area contributed by atoms with Gasteiger partial charge in [-0.25, -0.2) is 9.59 Å². The number of nitrogen functional groups attached to an aromatic ring is 2. The van der Waals surface area contributed by atoms with E-state index in [1.54, 1.807) is 30.3 Å². The Labute approximate surface area is 192 Å². The Morgan fingerprint density at radius 2 is 1.44 bits per heavy atom. The monoisotopic (exact) mass is 472 g/mol. The lowest BCUT2D eigenvalue weighted by atomic mass is 10.0. The van der Waals surface area contributed by atoms with E-state index < -0.39 is 24.1 Å². The first-order valence-electron chi connectivity index (χ1n) is 9.75. The first kappa shape index (κ1) is 24.2. The zero-order valence-corrected chi connectivity index (χ0v) is 17.5. The number of halogens is 3. The van der Waals surface area contributed by atoms with Crippen LogP contribution in [0, 0.1) is 0 Å². The molecule has 0 aliphatic heterocycles. The van der Waals surface area contributed by atoms with Crippen molar-refractivity contribution in [3.63, 3.8) is 0 Å². The number of alkyl halides is 3. The highest BCUT2D eigenvalue weighted by Crippen LogP contribution is 2.24. The van der Waals surface area contributed by atoms with Gasteiger partial charge in [-0.05, 0) is 71.8 Å². The summed E-state index contributed by atoms with van der Waals surface area (Å²) in [5.41, 5.74) is 13.7. The van der Waals surface area contributed by atoms with Gasteiger partial charge in [0.1, 0.15) is 11.5 Å². The third-order valence-electron chi connectivity index (χ3n) is 4.46. The van der Waals surface area contributed by atoms with Gasteiger partial charge in [0, 0.05) is 23.4 Å². The fraction of sp³-hybridized carbons (Fsp3) is 0.0833. The van der Waals surface area contributed by atoms with E-state index >= 15 is 0 Å². The van der Waals surface area contributed by atoms with Gasteiger partial charge in [0.25, 0.3) is 0 Å². The number of rotatable bonds is 7. The normalized spacial score (nSPS) is 11.7. The Morgan fingerprint density at radius 3 is 1.97 bits per heavy atom. The van der Waals surface area contributed by atoms with Gasteiger partial charge in [0.2, 0.25) is 0 Å². The summed E-state index contributed by atoms with van der Waals surface area (Å²) in [6, 6.07) is 15.2. The SMILES string of the molecule is Nc1cc(N)cc(CC(=Cc2ccc(OC(=O)c3ccc(OC(F)(F)F)cc3)cc2)C(=O)O)c1. The third-order valence-corrected chi connectivity index (χ3v) is 4.46. The van der Waals surface area contributed by atoms with Crippen molar-refractivity contribution in [1.82, 2.24) is 0 Å². The fourth-order valence-electron chi connectivity index (χ4n) is 3.05. The first-order chi connectivity index (χ1) is 16.0. The predicted octanol–water partition coefficient (Wildman–Crippen LogP) is 4.68. The summed E-state index contributed by atoms with van der Waals surface area (Å²) < 4.78 is 45.6. The number of nitrogens with two attached hydrogens (primary N) is 2. The van der Waals surface area contributed by atoms with Gasteiger partial charge in [0.05, 0.1) is 5.56 Å². The zero-order valence-electron chi connectivity index (χ0n) is 17.5. The van der Waals surface area contributed by atoms with Gasteiger partial charge >= 0.3 is 18.3 Å². The van der Waals surface area contributed by atoms with Crippen molar-refractivity contribution in [1.29, 1.82) is 0 Å². The van der Waals surface area contributed by atoms with Crippen LogP contribution in [0.1, 0.15) is 21.5 Å². The predicted molar refractivity (Wildman–Crippen MR) is 119 cm³/mol. The Morgan fingerprint density at radius 1 is 0.882 bits per heavy atom. The molecule has 0 aliphatic carbocycles. The summed E-state index contributed by atoms with van der Waals surface area (Å²) in [5, 5.41) is 9.54. The molecule has 0 radical (unpaired) electrons. The Hall–Kier alpha value is -4.47. The molecule has 0 bridgehead atoms. The highest BCUT2D eigenvalue weighted by molar-refractivity contribution is 5.93. The highest BCUT2D eigenvalue weighted by atomic mass is 19.4. The largest absolute Gasteiger partial charge is 0.573 e. The molecule has 0 fully saturated rings. The van der Waals surface area contributed by atoms with Gasteiger partial charge in [0.15, 0.2) is 0 Å². The number of anilines is 2. The maximum absolute atomic E-state index is 12.2. The van der Waals surface area contributed by atoms with E-state index in [0.717, 1.165) is 24.3 Å². The molecule has 5 N–H and O–H groups in total. The van der Waals surface area contributed by atoms with Crippen molar-refractivity contribution >= 4 is 29.4 Å². The molecule has 0 unspecified atom stereocenters. The molecule has 3 aromatic rings. The minimum Gasteiger partial charge on any atom is -0.478 e. The molecule has 0 saturated carbocycles. The van der Waals surface area contributed by atoms with Crippen molar-refractivity contribution in [2.24, 2.45) is 0 Å². The Balaban J connectivity index is 1.69. The van der Waals surface area contributed by atoms with Crippen LogP contribution in [0.4, 0.5) is 24.5 Å². The number of carboxylic acid groups (broad SMARTS) is 1. The lowest BCUT2D eigenvalue weighted by Crippen LogP contribution is -2.17. The number of hydrogen-bond acceptors (Lipinski definition) is 6. The number of esters is 1. The molecule has 176 valence electrons. The second kappa shape index (κ2) is 9.99. The molecular weight excluding hydrogens is 453 g/mol. The Bertz CT molecular complexity index is 1200. The maximum Gasteiger partial charge on any atom is 0.573 e. The fourth-order valence-corrected chi connectivity index (χ4v) is 3.05. The first-order valence-corrected chi connectivity index (χ1v) is 9.75. The van der Waals surface area contributed by atoms with Gasteiger partial charge in [-0.1, -0.05) is 12.1 Å². The van der Waals surface area contributed by atoms with Crippen LogP contribution in [0.15, 0.2) is 72.3 Å². The van der Waals surface area contributed by atoms with Crippen LogP contribution in [-0.4, -0.2) is 23.4 Å². The van der Waals surface area contributed by atoms with E-state index in [-0.39, 0.29) is 23.3 Å². The van der Waals surface area contributed by atoms with Crippen molar-refractivity contribution in [3.8, 4) is 11.5 Å². The van der Waals surface area contributed by atoms with Crippen LogP contribution < -0.4 is 20.9 Å². The van der Waals surface area contributed by atoms with Crippen LogP contribution in [-0.2, 0) is 11.2 Å². The second-order valence-electron chi connectivity index (χ2n) is 7.19. The maximum atomic E-state index is 12.2. The van der Waals surface area contributed by atoms with Crippen molar-refractivity contribution < 1.29 is 37.3 Å². The van der Waals surface area contributed by atoms with Crippen LogP contribution in [0.25, 0.3) is 6.08 Å². The minimum absolute atomic E-state index is 0.0214. The molecule has 0 aliphatic rings. The summed E-state index contributed by atoms with van der Waals surface area (Å²) in [6.45, 7) is 0. The number of ether oxygens (including phenoxy) is 2. The smallest absolute Gasteiger partial charge is 0.478 e. The van der Waals surface area contributed by atoms with Gasteiger partial charge in [-0.15, -0.1) is 13.2 Å². The van der Waals surface area contributed by atoms with Crippen LogP contribution in [0.3, 0.4) is 0 Å². The molecule has 10 heteroatoms. The molecule has 0 aromatic heterocycles. The number of hydrogen-bond donors (Lipinski definition) is 3. The van der Waals surface area contributed by atoms with Gasteiger partial charge in [-0.2, -0.15) is 0 Å². The average molecular weight is 472 g/mol. The molecule has 7 nitrogen and oxygen atoms in total. The van der Waals surface area contributed by atoms with Crippen LogP contribution >= 0.6 is 0 Å². The zero-order chi connectivity index (χ0) is 24.9. The molecule has 34 heavy (non-hydrogen) atoms. The van der Waals surface area contributed by atoms with Gasteiger partial charge < -0.3 is 26.0 Å². The topological polar surface area (TPSA) is 125 Å². The molecular formula is C24H19F3N2O5. The van der Waals surface area contributed by atoms with Gasteiger partial charge in [-0.3, -0.25) is 0 Å². The summed E-state index contributed by atoms with van der Waals surface area (Å²) in [5.74, 6) is -2.20. The summed E-state index contributed by atoms with van der Waals surface area (Å²) >= 11 is 0. The van der Waals surface area contributed by atoms with Crippen LogP contribution in [0.2, 0.25) is 0 Å². The Kier molecular flexibility index (Phi) is 7.10. The summed E-state index contributed by atoms with van der Waals surface area (Å²) in [6.07, 6.45) is -3.28. The standard InChI is InChI=1S/C24H19F3N2O5/c25-24(26,27)34-21-7-3-16(4-8-21)23(32)33-20-5-1-14(2-6-20)9-17(22(30)31)10-15-11-18(28)13-19(29)12-15/h1-9,11-13H,10,28-29H2,(H,30,31). The average Bonchev–Trinajstić information content (AvgIpc) is 2.73. The lowest BCUT2D eigenvalue weighted by Gasteiger charge is -2.09. The lowest BCUT2D eigenvalue weighted by molar-refractivity contribution is -0.274. The highest BCUT2D eigenvalue weighted by Gasteiger charge is 2.31. The molecule has 3 aromatic carbocycles. The second-order valence-corrected chi connectivity index (χ2v) is 7.19. The third kappa shape index (κ3) is 7.02. The van der Waals surface area contributed by atoms with E-state index in [1.165, 1.54) is 18.2 Å². The van der Waals surface area contributed by atoms with Crippen LogP contribution in [0.5, 0.6) is 11.5 Å². The summed E-state index contributed by atoms with van der Waals surface area (Å²) in [4.78, 5) is 23.9. The molecule has 0 spiro atoms. The molecule has 0 atom stereocenters. The number of benzene rings is 3. The minimum atomic E-state index is -4.83. The molecule has 0 saturated heterocycles. The number of carboxylic acids is 1. The van der Waals surface area contributed by atoms with E-state index in [9.17, 15) is 27.9 Å². The molecule has 0 amide bonds. The number of aliphatic carboxylic acids is 1. The van der Waals surface area contributed by atoms with E-state index in [0.29, 0.717) is 22.5 Å². The van der Waals surface area contributed by atoms with E-state index in [1.807, 2.05) is 0 Å². The molecule has 0 heterocycles.